The van der Waals surface area contributed by atoms with E-state index in [0.29, 0.717) is 28.5 Å². The summed E-state index contributed by atoms with van der Waals surface area (Å²) in [6.07, 6.45) is -1.86. The van der Waals surface area contributed by atoms with Crippen LogP contribution >= 0.6 is 0 Å². The van der Waals surface area contributed by atoms with Gasteiger partial charge in [0.1, 0.15) is 29.9 Å². The molecule has 34 heavy (non-hydrogen) atoms. The summed E-state index contributed by atoms with van der Waals surface area (Å²) in [5.41, 5.74) is 2.08. The maximum absolute atomic E-state index is 13.0. The number of hydrogen-bond donors (Lipinski definition) is 0. The highest BCUT2D eigenvalue weighted by Gasteiger charge is 2.49. The number of hydrogen-bond acceptors (Lipinski definition) is 7. The van der Waals surface area contributed by atoms with Crippen molar-refractivity contribution in [3.63, 3.8) is 0 Å². The molecule has 8 nitrogen and oxygen atoms in total. The van der Waals surface area contributed by atoms with E-state index < -0.39 is 24.2 Å². The highest BCUT2D eigenvalue weighted by Crippen LogP contribution is 2.43. The first-order valence-electron chi connectivity index (χ1n) is 10.6. The molecule has 1 heterocycles. The summed E-state index contributed by atoms with van der Waals surface area (Å²) in [4.78, 5) is 27.0. The Hall–Kier alpha value is -4.20. The third-order valence-corrected chi connectivity index (χ3v) is 5.55. The Morgan fingerprint density at radius 1 is 0.912 bits per heavy atom. The average Bonchev–Trinajstić information content (AvgIpc) is 3.24. The van der Waals surface area contributed by atoms with Crippen molar-refractivity contribution in [1.82, 2.24) is 0 Å². The number of rotatable bonds is 8. The van der Waals surface area contributed by atoms with Gasteiger partial charge >= 0.3 is 12.1 Å². The van der Waals surface area contributed by atoms with Crippen molar-refractivity contribution in [2.75, 3.05) is 26.2 Å². The molecule has 0 radical (unpaired) electrons. The van der Waals surface area contributed by atoms with Gasteiger partial charge in [0.25, 0.3) is 0 Å². The molecule has 0 aromatic heterocycles. The van der Waals surface area contributed by atoms with Crippen LogP contribution in [0.2, 0.25) is 0 Å². The topological polar surface area (TPSA) is 83.5 Å². The molecular weight excluding hydrogens is 438 g/mol. The van der Waals surface area contributed by atoms with Crippen LogP contribution in [-0.2, 0) is 20.9 Å². The molecule has 1 aliphatic rings. The maximum Gasteiger partial charge on any atom is 0.415 e. The second-order valence-electron chi connectivity index (χ2n) is 7.52. The molecule has 4 rings (SSSR count). The fourth-order valence-corrected chi connectivity index (χ4v) is 3.83. The number of carbonyl (C=O) groups excluding carboxylic acids is 2. The first kappa shape index (κ1) is 23.0. The summed E-state index contributed by atoms with van der Waals surface area (Å²) in [6, 6.07) is 21.0. The van der Waals surface area contributed by atoms with Gasteiger partial charge in [-0.2, -0.15) is 0 Å². The number of esters is 1. The van der Waals surface area contributed by atoms with E-state index in [9.17, 15) is 9.59 Å². The van der Waals surface area contributed by atoms with E-state index in [1.807, 2.05) is 30.3 Å². The van der Waals surface area contributed by atoms with E-state index in [4.69, 9.17) is 23.7 Å². The van der Waals surface area contributed by atoms with E-state index in [1.54, 1.807) is 56.7 Å². The van der Waals surface area contributed by atoms with Crippen molar-refractivity contribution < 1.29 is 33.3 Å². The zero-order valence-electron chi connectivity index (χ0n) is 19.1. The minimum absolute atomic E-state index is 0.286. The van der Waals surface area contributed by atoms with Crippen molar-refractivity contribution in [2.45, 2.75) is 18.8 Å². The van der Waals surface area contributed by atoms with E-state index in [0.717, 1.165) is 5.56 Å². The Balaban J connectivity index is 1.77. The monoisotopic (exact) mass is 463 g/mol. The summed E-state index contributed by atoms with van der Waals surface area (Å²) >= 11 is 0. The highest BCUT2D eigenvalue weighted by molar-refractivity contribution is 5.96. The van der Waals surface area contributed by atoms with Gasteiger partial charge < -0.3 is 23.7 Å². The first-order chi connectivity index (χ1) is 16.5. The SMILES string of the molecule is COC(=O)C1OC(=O)N(c2ccc(OC)cc2)C1c1ccc(OC)cc1OCc1ccccc1. The molecule has 1 saturated heterocycles. The van der Waals surface area contributed by atoms with Crippen LogP contribution in [0.4, 0.5) is 10.5 Å². The molecule has 0 N–H and O–H groups in total. The molecule has 0 saturated carbocycles. The van der Waals surface area contributed by atoms with Crippen LogP contribution in [0.3, 0.4) is 0 Å². The Morgan fingerprint density at radius 3 is 2.24 bits per heavy atom. The Kier molecular flexibility index (Phi) is 6.87. The van der Waals surface area contributed by atoms with Gasteiger partial charge in [-0.25, -0.2) is 9.59 Å². The summed E-state index contributed by atoms with van der Waals surface area (Å²) in [5.74, 6) is 0.995. The van der Waals surface area contributed by atoms with E-state index in [1.165, 1.54) is 12.0 Å². The normalized spacial score (nSPS) is 17.1. The molecule has 1 aliphatic heterocycles. The Labute approximate surface area is 197 Å². The second-order valence-corrected chi connectivity index (χ2v) is 7.52. The fourth-order valence-electron chi connectivity index (χ4n) is 3.83. The summed E-state index contributed by atoms with van der Waals surface area (Å²) in [7, 11) is 4.37. The average molecular weight is 463 g/mol. The zero-order chi connectivity index (χ0) is 24.1. The number of amides is 1. The molecule has 0 bridgehead atoms. The minimum Gasteiger partial charge on any atom is -0.497 e. The van der Waals surface area contributed by atoms with Crippen LogP contribution in [0.15, 0.2) is 72.8 Å². The Bertz CT molecular complexity index is 1150. The molecule has 2 unspecified atom stereocenters. The van der Waals surface area contributed by atoms with Crippen LogP contribution in [-0.4, -0.2) is 39.5 Å². The van der Waals surface area contributed by atoms with Gasteiger partial charge in [0.05, 0.1) is 21.3 Å². The fraction of sp³-hybridized carbons (Fsp3) is 0.231. The quantitative estimate of drug-likeness (QED) is 0.454. The zero-order valence-corrected chi connectivity index (χ0v) is 19.1. The van der Waals surface area contributed by atoms with Gasteiger partial charge in [0.2, 0.25) is 6.10 Å². The van der Waals surface area contributed by atoms with Crippen molar-refractivity contribution in [2.24, 2.45) is 0 Å². The van der Waals surface area contributed by atoms with Gasteiger partial charge in [-0.05, 0) is 42.0 Å². The minimum atomic E-state index is -1.19. The molecule has 1 amide bonds. The number of nitrogens with zero attached hydrogens (tertiary/aromatic N) is 1. The highest BCUT2D eigenvalue weighted by atomic mass is 16.6. The smallest absolute Gasteiger partial charge is 0.415 e. The first-order valence-corrected chi connectivity index (χ1v) is 10.6. The van der Waals surface area contributed by atoms with Gasteiger partial charge in [-0.15, -0.1) is 0 Å². The molecular formula is C26H25NO7. The molecule has 3 aromatic carbocycles. The molecule has 0 spiro atoms. The number of anilines is 1. The van der Waals surface area contributed by atoms with E-state index in [-0.39, 0.29) is 6.61 Å². The number of carbonyl (C=O) groups is 2. The van der Waals surface area contributed by atoms with Gasteiger partial charge in [-0.3, -0.25) is 4.90 Å². The lowest BCUT2D eigenvalue weighted by Crippen LogP contribution is -2.33. The number of benzene rings is 3. The largest absolute Gasteiger partial charge is 0.497 e. The predicted octanol–water partition coefficient (Wildman–Crippen LogP) is 4.52. The van der Waals surface area contributed by atoms with Crippen LogP contribution in [0.25, 0.3) is 0 Å². The lowest BCUT2D eigenvalue weighted by Gasteiger charge is -2.26. The number of cyclic esters (lactones) is 1. The molecule has 2 atom stereocenters. The van der Waals surface area contributed by atoms with Crippen molar-refractivity contribution in [3.8, 4) is 17.2 Å². The van der Waals surface area contributed by atoms with Crippen LogP contribution < -0.4 is 19.1 Å². The molecule has 176 valence electrons. The summed E-state index contributed by atoms with van der Waals surface area (Å²) < 4.78 is 27.2. The summed E-state index contributed by atoms with van der Waals surface area (Å²) in [5, 5.41) is 0. The molecule has 8 heteroatoms. The number of ether oxygens (including phenoxy) is 5. The van der Waals surface area contributed by atoms with Crippen LogP contribution in [0.5, 0.6) is 17.2 Å². The second kappa shape index (κ2) is 10.2. The molecule has 3 aromatic rings. The number of methoxy groups -OCH3 is 3. The molecule has 0 aliphatic carbocycles. The van der Waals surface area contributed by atoms with E-state index in [2.05, 4.69) is 0 Å². The van der Waals surface area contributed by atoms with Gasteiger partial charge in [-0.1, -0.05) is 30.3 Å². The van der Waals surface area contributed by atoms with Gasteiger partial charge in [0, 0.05) is 17.3 Å². The van der Waals surface area contributed by atoms with Crippen LogP contribution in [0, 0.1) is 0 Å². The lowest BCUT2D eigenvalue weighted by molar-refractivity contribution is -0.149. The predicted molar refractivity (Wildman–Crippen MR) is 124 cm³/mol. The maximum atomic E-state index is 13.0. The standard InChI is InChI=1S/C26H25NO7/c1-30-19-11-9-18(10-12-19)27-23(24(25(28)32-3)34-26(27)29)21-14-13-20(31-2)15-22(21)33-16-17-7-5-4-6-8-17/h4-15,23-24H,16H2,1-3H3. The van der Waals surface area contributed by atoms with Crippen LogP contribution in [0.1, 0.15) is 17.2 Å². The van der Waals surface area contributed by atoms with Crippen molar-refractivity contribution in [3.05, 3.63) is 83.9 Å². The lowest BCUT2D eigenvalue weighted by atomic mass is 9.98. The van der Waals surface area contributed by atoms with Crippen molar-refractivity contribution in [1.29, 1.82) is 0 Å². The van der Waals surface area contributed by atoms with E-state index >= 15 is 0 Å². The third kappa shape index (κ3) is 4.61. The summed E-state index contributed by atoms with van der Waals surface area (Å²) in [6.45, 7) is 0.286. The third-order valence-electron chi connectivity index (χ3n) is 5.55. The Morgan fingerprint density at radius 2 is 1.59 bits per heavy atom. The van der Waals surface area contributed by atoms with Crippen molar-refractivity contribution >= 4 is 17.7 Å². The molecule has 1 fully saturated rings. The van der Waals surface area contributed by atoms with Gasteiger partial charge in [0.15, 0.2) is 0 Å².